The number of aromatic nitrogens is 2. The Labute approximate surface area is 103 Å². The molecule has 0 bridgehead atoms. The summed E-state index contributed by atoms with van der Waals surface area (Å²) in [6, 6.07) is 0.234. The van der Waals surface area contributed by atoms with E-state index in [0.29, 0.717) is 5.92 Å². The van der Waals surface area contributed by atoms with Gasteiger partial charge in [-0.25, -0.2) is 0 Å². The third-order valence-corrected chi connectivity index (χ3v) is 2.97. The van der Waals surface area contributed by atoms with Crippen molar-refractivity contribution in [2.24, 2.45) is 7.05 Å². The van der Waals surface area contributed by atoms with Crippen LogP contribution >= 0.6 is 0 Å². The minimum absolute atomic E-state index is 0.181. The van der Waals surface area contributed by atoms with Crippen molar-refractivity contribution >= 4 is 11.5 Å². The predicted molar refractivity (Wildman–Crippen MR) is 71.1 cm³/mol. The molecule has 0 aliphatic rings. The molecule has 98 valence electrons. The lowest BCUT2D eigenvalue weighted by atomic mass is 10.1. The van der Waals surface area contributed by atoms with E-state index in [4.69, 9.17) is 10.8 Å². The highest BCUT2D eigenvalue weighted by atomic mass is 16.3. The molecule has 5 heteroatoms. The first-order chi connectivity index (χ1) is 8.01. The normalized spacial score (nSPS) is 13.1. The number of anilines is 2. The first kappa shape index (κ1) is 13.8. The van der Waals surface area contributed by atoms with Crippen LogP contribution in [0.5, 0.6) is 0 Å². The second-order valence-corrected chi connectivity index (χ2v) is 4.69. The number of rotatable bonds is 6. The van der Waals surface area contributed by atoms with E-state index >= 15 is 0 Å². The van der Waals surface area contributed by atoms with Crippen LogP contribution < -0.4 is 11.1 Å². The van der Waals surface area contributed by atoms with Gasteiger partial charge in [0.1, 0.15) is 5.82 Å². The fourth-order valence-corrected chi connectivity index (χ4v) is 1.89. The van der Waals surface area contributed by atoms with Crippen molar-refractivity contribution < 1.29 is 5.11 Å². The molecule has 0 amide bonds. The van der Waals surface area contributed by atoms with Gasteiger partial charge < -0.3 is 16.2 Å². The van der Waals surface area contributed by atoms with Gasteiger partial charge in [-0.05, 0) is 18.8 Å². The molecule has 1 atom stereocenters. The van der Waals surface area contributed by atoms with E-state index in [1.807, 2.05) is 7.05 Å². The van der Waals surface area contributed by atoms with Crippen LogP contribution in [0.4, 0.5) is 11.5 Å². The molecule has 4 N–H and O–H groups in total. The molecular formula is C12H24N4O. The average molecular weight is 240 g/mol. The van der Waals surface area contributed by atoms with Crippen LogP contribution in [0.2, 0.25) is 0 Å². The molecule has 1 aromatic rings. The van der Waals surface area contributed by atoms with E-state index < -0.39 is 0 Å². The van der Waals surface area contributed by atoms with Gasteiger partial charge in [0.05, 0.1) is 11.4 Å². The van der Waals surface area contributed by atoms with Gasteiger partial charge >= 0.3 is 0 Å². The molecule has 1 heterocycles. The van der Waals surface area contributed by atoms with E-state index in [0.717, 1.165) is 30.0 Å². The van der Waals surface area contributed by atoms with Crippen LogP contribution in [-0.2, 0) is 7.05 Å². The Morgan fingerprint density at radius 1 is 1.47 bits per heavy atom. The first-order valence-corrected chi connectivity index (χ1v) is 6.20. The molecule has 1 rings (SSSR count). The fraction of sp³-hybridized carbons (Fsp3) is 0.750. The Hall–Kier alpha value is -1.23. The molecule has 0 saturated heterocycles. The Morgan fingerprint density at radius 3 is 2.53 bits per heavy atom. The van der Waals surface area contributed by atoms with Gasteiger partial charge in [0.2, 0.25) is 0 Å². The van der Waals surface area contributed by atoms with E-state index in [1.54, 1.807) is 4.68 Å². The maximum Gasteiger partial charge on any atom is 0.148 e. The Balaban J connectivity index is 2.90. The van der Waals surface area contributed by atoms with Gasteiger partial charge in [0, 0.05) is 19.7 Å². The zero-order valence-corrected chi connectivity index (χ0v) is 11.2. The van der Waals surface area contributed by atoms with Gasteiger partial charge in [0.25, 0.3) is 0 Å². The molecule has 17 heavy (non-hydrogen) atoms. The molecule has 0 aliphatic heterocycles. The third kappa shape index (κ3) is 3.12. The highest BCUT2D eigenvalue weighted by Crippen LogP contribution is 2.28. The van der Waals surface area contributed by atoms with Gasteiger partial charge in [-0.15, -0.1) is 0 Å². The van der Waals surface area contributed by atoms with Crippen molar-refractivity contribution in [2.75, 3.05) is 17.7 Å². The summed E-state index contributed by atoms with van der Waals surface area (Å²) in [7, 11) is 1.89. The van der Waals surface area contributed by atoms with Crippen LogP contribution in [0, 0.1) is 0 Å². The fourth-order valence-electron chi connectivity index (χ4n) is 1.89. The largest absolute Gasteiger partial charge is 0.396 e. The molecule has 0 spiro atoms. The van der Waals surface area contributed by atoms with Crippen LogP contribution in [0.1, 0.15) is 45.2 Å². The zero-order valence-electron chi connectivity index (χ0n) is 11.2. The van der Waals surface area contributed by atoms with Crippen LogP contribution in [0.25, 0.3) is 0 Å². The molecule has 0 radical (unpaired) electrons. The van der Waals surface area contributed by atoms with Crippen molar-refractivity contribution in [3.05, 3.63) is 5.69 Å². The number of nitrogens with one attached hydrogen (secondary N) is 1. The predicted octanol–water partition coefficient (Wildman–Crippen LogP) is 1.70. The SMILES string of the molecule is CCC(CCO)Nc1c(N)c(C(C)C)nn1C. The number of nitrogen functional groups attached to an aromatic ring is 1. The molecule has 1 aromatic heterocycles. The van der Waals surface area contributed by atoms with E-state index in [-0.39, 0.29) is 12.6 Å². The minimum Gasteiger partial charge on any atom is -0.396 e. The number of hydrogen-bond donors (Lipinski definition) is 3. The Morgan fingerprint density at radius 2 is 2.12 bits per heavy atom. The second-order valence-electron chi connectivity index (χ2n) is 4.69. The smallest absolute Gasteiger partial charge is 0.148 e. The average Bonchev–Trinajstić information content (AvgIpc) is 2.56. The highest BCUT2D eigenvalue weighted by molar-refractivity contribution is 5.66. The van der Waals surface area contributed by atoms with E-state index in [1.165, 1.54) is 0 Å². The lowest BCUT2D eigenvalue weighted by Crippen LogP contribution is -2.22. The zero-order chi connectivity index (χ0) is 13.0. The van der Waals surface area contributed by atoms with Gasteiger partial charge in [-0.2, -0.15) is 5.10 Å². The summed E-state index contributed by atoms with van der Waals surface area (Å²) in [6.45, 7) is 6.42. The number of aryl methyl sites for hydroxylation is 1. The summed E-state index contributed by atoms with van der Waals surface area (Å²) in [6.07, 6.45) is 1.67. The Kier molecular flexibility index (Phi) is 4.81. The standard InChI is InChI=1S/C12H24N4O/c1-5-9(6-7-17)14-12-10(13)11(8(2)3)15-16(12)4/h8-9,14,17H,5-7,13H2,1-4H3. The van der Waals surface area contributed by atoms with Crippen molar-refractivity contribution in [1.29, 1.82) is 0 Å². The second kappa shape index (κ2) is 5.91. The summed E-state index contributed by atoms with van der Waals surface area (Å²) >= 11 is 0. The summed E-state index contributed by atoms with van der Waals surface area (Å²) < 4.78 is 1.78. The van der Waals surface area contributed by atoms with Crippen molar-refractivity contribution in [3.63, 3.8) is 0 Å². The third-order valence-electron chi connectivity index (χ3n) is 2.97. The summed E-state index contributed by atoms with van der Waals surface area (Å²) in [5, 5.41) is 16.8. The van der Waals surface area contributed by atoms with Gasteiger partial charge in [-0.1, -0.05) is 20.8 Å². The van der Waals surface area contributed by atoms with Crippen LogP contribution in [0.15, 0.2) is 0 Å². The molecule has 0 aromatic carbocycles. The van der Waals surface area contributed by atoms with Crippen LogP contribution in [-0.4, -0.2) is 27.5 Å². The summed E-state index contributed by atoms with van der Waals surface area (Å²) in [5.74, 6) is 1.17. The number of nitrogens with two attached hydrogens (primary N) is 1. The molecule has 0 fully saturated rings. The first-order valence-electron chi connectivity index (χ1n) is 6.20. The highest BCUT2D eigenvalue weighted by Gasteiger charge is 2.17. The molecule has 0 saturated carbocycles. The number of aliphatic hydroxyl groups excluding tert-OH is 1. The summed E-state index contributed by atoms with van der Waals surface area (Å²) in [5.41, 5.74) is 7.74. The minimum atomic E-state index is 0.181. The molecule has 5 nitrogen and oxygen atoms in total. The number of hydrogen-bond acceptors (Lipinski definition) is 4. The van der Waals surface area contributed by atoms with Crippen molar-refractivity contribution in [2.45, 2.75) is 45.6 Å². The Bertz CT molecular complexity index is 360. The lowest BCUT2D eigenvalue weighted by molar-refractivity contribution is 0.278. The van der Waals surface area contributed by atoms with Gasteiger partial charge in [-0.3, -0.25) is 4.68 Å². The lowest BCUT2D eigenvalue weighted by Gasteiger charge is -2.17. The molecule has 1 unspecified atom stereocenters. The number of nitrogens with zero attached hydrogens (tertiary/aromatic N) is 2. The molecule has 0 aliphatic carbocycles. The maximum absolute atomic E-state index is 8.98. The quantitative estimate of drug-likeness (QED) is 0.707. The number of aliphatic hydroxyl groups is 1. The van der Waals surface area contributed by atoms with E-state index in [2.05, 4.69) is 31.2 Å². The topological polar surface area (TPSA) is 76.1 Å². The van der Waals surface area contributed by atoms with Crippen molar-refractivity contribution in [3.8, 4) is 0 Å². The van der Waals surface area contributed by atoms with Crippen molar-refractivity contribution in [1.82, 2.24) is 9.78 Å². The summed E-state index contributed by atoms with van der Waals surface area (Å²) in [4.78, 5) is 0. The van der Waals surface area contributed by atoms with E-state index in [9.17, 15) is 0 Å². The van der Waals surface area contributed by atoms with Gasteiger partial charge in [0.15, 0.2) is 0 Å². The maximum atomic E-state index is 8.98. The van der Waals surface area contributed by atoms with Crippen LogP contribution in [0.3, 0.4) is 0 Å². The molecular weight excluding hydrogens is 216 g/mol. The monoisotopic (exact) mass is 240 g/mol.